The molecule has 0 fully saturated rings. The van der Waals surface area contributed by atoms with Gasteiger partial charge in [0, 0.05) is 10.9 Å². The lowest BCUT2D eigenvalue weighted by atomic mass is 10.2. The number of hydrogen-bond donors (Lipinski definition) is 1. The van der Waals surface area contributed by atoms with Crippen molar-refractivity contribution in [2.75, 3.05) is 6.61 Å². The van der Waals surface area contributed by atoms with E-state index in [4.69, 9.17) is 4.84 Å². The van der Waals surface area contributed by atoms with Crippen LogP contribution in [-0.2, 0) is 11.4 Å². The second-order valence-electron chi connectivity index (χ2n) is 4.52. The molecule has 0 radical (unpaired) electrons. The molecule has 4 heteroatoms. The molecular weight excluding hydrogens is 244 g/mol. The highest BCUT2D eigenvalue weighted by Crippen LogP contribution is 2.21. The molecule has 0 bridgehead atoms. The van der Waals surface area contributed by atoms with Gasteiger partial charge < -0.3 is 4.84 Å². The van der Waals surface area contributed by atoms with Crippen LogP contribution in [0.5, 0.6) is 0 Å². The predicted molar refractivity (Wildman–Crippen MR) is 75.2 cm³/mol. The number of aromatic nitrogens is 1. The topological polar surface area (TPSA) is 34.1 Å². The Balaban J connectivity index is 1.87. The fourth-order valence-electron chi connectivity index (χ4n) is 1.47. The van der Waals surface area contributed by atoms with E-state index in [9.17, 15) is 0 Å². The monoisotopic (exact) mass is 262 g/mol. The van der Waals surface area contributed by atoms with Crippen LogP contribution in [0, 0.1) is 5.92 Å². The van der Waals surface area contributed by atoms with Crippen molar-refractivity contribution in [3.05, 3.63) is 40.7 Å². The summed E-state index contributed by atoms with van der Waals surface area (Å²) in [5.41, 5.74) is 5.13. The lowest BCUT2D eigenvalue weighted by Gasteiger charge is -2.05. The van der Waals surface area contributed by atoms with E-state index in [1.165, 1.54) is 0 Å². The van der Waals surface area contributed by atoms with Gasteiger partial charge in [-0.15, -0.1) is 11.3 Å². The molecule has 3 nitrogen and oxygen atoms in total. The minimum Gasteiger partial charge on any atom is -0.301 e. The van der Waals surface area contributed by atoms with Crippen molar-refractivity contribution in [2.24, 2.45) is 5.92 Å². The second kappa shape index (κ2) is 6.64. The lowest BCUT2D eigenvalue weighted by Crippen LogP contribution is -2.17. The maximum atomic E-state index is 5.33. The molecule has 96 valence electrons. The zero-order chi connectivity index (χ0) is 12.8. The molecule has 0 saturated carbocycles. The van der Waals surface area contributed by atoms with E-state index >= 15 is 0 Å². The van der Waals surface area contributed by atoms with Gasteiger partial charge in [0.15, 0.2) is 0 Å². The van der Waals surface area contributed by atoms with Crippen molar-refractivity contribution in [1.29, 1.82) is 0 Å². The standard InChI is InChI=1S/C14H18N2OS/c1-11(2)9-17-15-8-14-16-13(10-18-14)12-6-4-3-5-7-12/h3-7,10-11,15H,8-9H2,1-2H3. The first-order chi connectivity index (χ1) is 8.75. The SMILES string of the molecule is CC(C)CONCc1nc(-c2ccccc2)cs1. The first-order valence-corrected chi connectivity index (χ1v) is 6.98. The minimum atomic E-state index is 0.536. The van der Waals surface area contributed by atoms with Crippen LogP contribution in [-0.4, -0.2) is 11.6 Å². The van der Waals surface area contributed by atoms with Crippen molar-refractivity contribution in [1.82, 2.24) is 10.5 Å². The minimum absolute atomic E-state index is 0.536. The van der Waals surface area contributed by atoms with Crippen LogP contribution >= 0.6 is 11.3 Å². The number of nitrogens with one attached hydrogen (secondary N) is 1. The summed E-state index contributed by atoms with van der Waals surface area (Å²) in [5.74, 6) is 0.536. The smallest absolute Gasteiger partial charge is 0.109 e. The highest BCUT2D eigenvalue weighted by atomic mass is 32.1. The zero-order valence-corrected chi connectivity index (χ0v) is 11.5. The Labute approximate surface area is 112 Å². The quantitative estimate of drug-likeness (QED) is 0.639. The van der Waals surface area contributed by atoms with Gasteiger partial charge in [0.25, 0.3) is 0 Å². The van der Waals surface area contributed by atoms with Crippen LogP contribution in [0.3, 0.4) is 0 Å². The van der Waals surface area contributed by atoms with Gasteiger partial charge in [-0.25, -0.2) is 4.98 Å². The van der Waals surface area contributed by atoms with Crippen molar-refractivity contribution < 1.29 is 4.84 Å². The molecule has 0 aliphatic heterocycles. The fraction of sp³-hybridized carbons (Fsp3) is 0.357. The third kappa shape index (κ3) is 3.91. The first-order valence-electron chi connectivity index (χ1n) is 6.10. The summed E-state index contributed by atoms with van der Waals surface area (Å²) >= 11 is 1.65. The van der Waals surface area contributed by atoms with E-state index in [0.717, 1.165) is 22.9 Å². The predicted octanol–water partition coefficient (Wildman–Crippen LogP) is 3.49. The molecule has 2 rings (SSSR count). The van der Waals surface area contributed by atoms with Gasteiger partial charge in [-0.1, -0.05) is 44.2 Å². The van der Waals surface area contributed by atoms with E-state index in [2.05, 4.69) is 41.8 Å². The number of thiazole rings is 1. The largest absolute Gasteiger partial charge is 0.301 e. The third-order valence-corrected chi connectivity index (χ3v) is 3.21. The van der Waals surface area contributed by atoms with E-state index in [1.54, 1.807) is 11.3 Å². The fourth-order valence-corrected chi connectivity index (χ4v) is 2.20. The molecule has 0 unspecified atom stereocenters. The van der Waals surface area contributed by atoms with Crippen molar-refractivity contribution >= 4 is 11.3 Å². The molecule has 0 spiro atoms. The molecular formula is C14H18N2OS. The number of hydroxylamine groups is 1. The van der Waals surface area contributed by atoms with E-state index < -0.39 is 0 Å². The molecule has 1 aromatic carbocycles. The van der Waals surface area contributed by atoms with Crippen molar-refractivity contribution in [3.63, 3.8) is 0 Å². The molecule has 0 atom stereocenters. The number of benzene rings is 1. The third-order valence-electron chi connectivity index (χ3n) is 2.36. The Morgan fingerprint density at radius 1 is 1.28 bits per heavy atom. The van der Waals surface area contributed by atoms with Crippen molar-refractivity contribution in [2.45, 2.75) is 20.4 Å². The summed E-state index contributed by atoms with van der Waals surface area (Å²) in [4.78, 5) is 9.90. The van der Waals surface area contributed by atoms with Crippen molar-refractivity contribution in [3.8, 4) is 11.3 Å². The average molecular weight is 262 g/mol. The molecule has 18 heavy (non-hydrogen) atoms. The summed E-state index contributed by atoms with van der Waals surface area (Å²) in [6, 6.07) is 10.2. The molecule has 0 saturated heterocycles. The second-order valence-corrected chi connectivity index (χ2v) is 5.46. The van der Waals surface area contributed by atoms with Crippen LogP contribution in [0.2, 0.25) is 0 Å². The highest BCUT2D eigenvalue weighted by Gasteiger charge is 2.03. The van der Waals surface area contributed by atoms with Crippen LogP contribution in [0.1, 0.15) is 18.9 Å². The maximum absolute atomic E-state index is 5.33. The maximum Gasteiger partial charge on any atom is 0.109 e. The van der Waals surface area contributed by atoms with E-state index in [1.807, 2.05) is 18.2 Å². The summed E-state index contributed by atoms with van der Waals surface area (Å²) in [6.45, 7) is 5.62. The lowest BCUT2D eigenvalue weighted by molar-refractivity contribution is 0.0196. The van der Waals surface area contributed by atoms with Gasteiger partial charge >= 0.3 is 0 Å². The molecule has 1 heterocycles. The van der Waals surface area contributed by atoms with Crippen LogP contribution < -0.4 is 5.48 Å². The number of hydrogen-bond acceptors (Lipinski definition) is 4. The molecule has 1 aromatic heterocycles. The first kappa shape index (κ1) is 13.2. The molecule has 0 aliphatic rings. The van der Waals surface area contributed by atoms with E-state index in [-0.39, 0.29) is 0 Å². The highest BCUT2D eigenvalue weighted by molar-refractivity contribution is 7.09. The summed E-state index contributed by atoms with van der Waals surface area (Å²) in [6.07, 6.45) is 0. The average Bonchev–Trinajstić information content (AvgIpc) is 2.84. The number of rotatable bonds is 6. The Morgan fingerprint density at radius 2 is 2.06 bits per heavy atom. The van der Waals surface area contributed by atoms with Gasteiger partial charge in [0.05, 0.1) is 18.8 Å². The molecule has 1 N–H and O–H groups in total. The van der Waals surface area contributed by atoms with Gasteiger partial charge in [0.1, 0.15) is 5.01 Å². The molecule has 2 aromatic rings. The Hall–Kier alpha value is -1.23. The summed E-state index contributed by atoms with van der Waals surface area (Å²) in [7, 11) is 0. The van der Waals surface area contributed by atoms with Crippen LogP contribution in [0.4, 0.5) is 0 Å². The normalized spacial score (nSPS) is 11.1. The van der Waals surface area contributed by atoms with Gasteiger partial charge in [-0.05, 0) is 5.92 Å². The Bertz CT molecular complexity index is 468. The van der Waals surface area contributed by atoms with Crippen LogP contribution in [0.15, 0.2) is 35.7 Å². The Kier molecular flexibility index (Phi) is 4.87. The van der Waals surface area contributed by atoms with Gasteiger partial charge in [-0.3, -0.25) is 0 Å². The van der Waals surface area contributed by atoms with Crippen LogP contribution in [0.25, 0.3) is 11.3 Å². The molecule has 0 amide bonds. The summed E-state index contributed by atoms with van der Waals surface area (Å²) < 4.78 is 0. The van der Waals surface area contributed by atoms with Gasteiger partial charge in [-0.2, -0.15) is 5.48 Å². The zero-order valence-electron chi connectivity index (χ0n) is 10.7. The Morgan fingerprint density at radius 3 is 2.78 bits per heavy atom. The summed E-state index contributed by atoms with van der Waals surface area (Å²) in [5, 5.41) is 3.12. The van der Waals surface area contributed by atoms with Gasteiger partial charge in [0.2, 0.25) is 0 Å². The molecule has 0 aliphatic carbocycles. The van der Waals surface area contributed by atoms with E-state index in [0.29, 0.717) is 12.5 Å². The number of nitrogens with zero attached hydrogens (tertiary/aromatic N) is 1.